The molecule has 0 aliphatic heterocycles. The van der Waals surface area contributed by atoms with Crippen molar-refractivity contribution in [1.29, 1.82) is 0 Å². The molecule has 0 atom stereocenters. The fraction of sp³-hybridized carbons (Fsp3) is 0.333. The number of hydrogen-bond acceptors (Lipinski definition) is 3. The van der Waals surface area contributed by atoms with Crippen LogP contribution in [0.4, 0.5) is 5.69 Å². The fourth-order valence-electron chi connectivity index (χ4n) is 2.82. The maximum absolute atomic E-state index is 13.0. The van der Waals surface area contributed by atoms with E-state index in [1.165, 1.54) is 4.90 Å². The number of amides is 2. The first-order valence-corrected chi connectivity index (χ1v) is 12.5. The van der Waals surface area contributed by atoms with Gasteiger partial charge in [-0.25, -0.2) is 0 Å². The van der Waals surface area contributed by atoms with E-state index in [-0.39, 0.29) is 11.8 Å². The van der Waals surface area contributed by atoms with Crippen molar-refractivity contribution < 1.29 is 9.59 Å². The summed E-state index contributed by atoms with van der Waals surface area (Å²) in [7, 11) is 4.07. The quantitative estimate of drug-likeness (QED) is 0.590. The molecule has 2 rings (SSSR count). The molecule has 0 saturated heterocycles. The Morgan fingerprint density at radius 3 is 1.96 bits per heavy atom. The first kappa shape index (κ1) is 19.9. The van der Waals surface area contributed by atoms with Crippen LogP contribution in [0, 0.1) is 0 Å². The van der Waals surface area contributed by atoms with Crippen molar-refractivity contribution in [2.24, 2.45) is 0 Å². The summed E-state index contributed by atoms with van der Waals surface area (Å²) in [5.41, 5.74) is 3.17. The van der Waals surface area contributed by atoms with Gasteiger partial charge in [0.25, 0.3) is 11.8 Å². The van der Waals surface area contributed by atoms with Crippen LogP contribution in [-0.4, -0.2) is 45.9 Å². The van der Waals surface area contributed by atoms with E-state index in [1.54, 1.807) is 19.2 Å². The van der Waals surface area contributed by atoms with E-state index in [4.69, 9.17) is 0 Å². The van der Waals surface area contributed by atoms with Crippen molar-refractivity contribution in [3.8, 4) is 0 Å². The fourth-order valence-corrected chi connectivity index (χ4v) is 4.27. The molecule has 0 N–H and O–H groups in total. The number of imide groups is 1. The van der Waals surface area contributed by atoms with Gasteiger partial charge in [-0.15, -0.1) is 0 Å². The van der Waals surface area contributed by atoms with Crippen LogP contribution in [0.5, 0.6) is 0 Å². The van der Waals surface area contributed by atoms with Crippen LogP contribution in [-0.2, 0) is 6.04 Å². The molecule has 0 aliphatic rings. The highest BCUT2D eigenvalue weighted by atomic mass is 28.3. The first-order valence-electron chi connectivity index (χ1n) is 8.78. The lowest BCUT2D eigenvalue weighted by Gasteiger charge is -2.21. The van der Waals surface area contributed by atoms with Crippen LogP contribution in [0.1, 0.15) is 26.3 Å². The average molecular weight is 369 g/mol. The molecule has 2 aromatic carbocycles. The zero-order chi connectivity index (χ0) is 19.5. The van der Waals surface area contributed by atoms with Gasteiger partial charge in [0.1, 0.15) is 0 Å². The minimum atomic E-state index is -1.38. The monoisotopic (exact) mass is 368 g/mol. The molecule has 4 nitrogen and oxygen atoms in total. The zero-order valence-corrected chi connectivity index (χ0v) is 17.5. The van der Waals surface area contributed by atoms with Gasteiger partial charge >= 0.3 is 0 Å². The van der Waals surface area contributed by atoms with E-state index in [1.807, 2.05) is 55.4 Å². The molecule has 0 aliphatic carbocycles. The maximum atomic E-state index is 13.0. The average Bonchev–Trinajstić information content (AvgIpc) is 2.59. The molecule has 0 saturated carbocycles. The molecule has 26 heavy (non-hydrogen) atoms. The second-order valence-corrected chi connectivity index (χ2v) is 13.5. The Morgan fingerprint density at radius 1 is 0.846 bits per heavy atom. The summed E-state index contributed by atoms with van der Waals surface area (Å²) in [6.07, 6.45) is 0. The third kappa shape index (κ3) is 4.82. The van der Waals surface area contributed by atoms with Crippen LogP contribution in [0.15, 0.2) is 48.5 Å². The number of anilines is 1. The summed E-state index contributed by atoms with van der Waals surface area (Å²) in [6.45, 7) is 6.82. The molecule has 138 valence electrons. The molecule has 5 heteroatoms. The molecule has 0 bridgehead atoms. The van der Waals surface area contributed by atoms with Crippen molar-refractivity contribution in [3.63, 3.8) is 0 Å². The van der Waals surface area contributed by atoms with E-state index >= 15 is 0 Å². The number of rotatable bonds is 5. The van der Waals surface area contributed by atoms with E-state index < -0.39 is 8.07 Å². The lowest BCUT2D eigenvalue weighted by molar-refractivity contribution is 0.0655. The number of benzene rings is 2. The van der Waals surface area contributed by atoms with E-state index in [9.17, 15) is 9.59 Å². The van der Waals surface area contributed by atoms with Gasteiger partial charge in [-0.05, 0) is 41.9 Å². The summed E-state index contributed by atoms with van der Waals surface area (Å²) in [6, 6.07) is 15.8. The van der Waals surface area contributed by atoms with Crippen LogP contribution in [0.3, 0.4) is 0 Å². The minimum Gasteiger partial charge on any atom is -0.378 e. The van der Waals surface area contributed by atoms with Crippen molar-refractivity contribution >= 4 is 25.6 Å². The summed E-state index contributed by atoms with van der Waals surface area (Å²) in [5, 5.41) is 0. The Balaban J connectivity index is 2.25. The number of carbonyl (C=O) groups is 2. The van der Waals surface area contributed by atoms with Crippen molar-refractivity contribution in [2.45, 2.75) is 25.7 Å². The van der Waals surface area contributed by atoms with Gasteiger partial charge < -0.3 is 4.90 Å². The van der Waals surface area contributed by atoms with E-state index in [2.05, 4.69) is 19.6 Å². The molecule has 0 aromatic heterocycles. The normalized spacial score (nSPS) is 11.2. The molecular weight excluding hydrogens is 340 g/mol. The van der Waals surface area contributed by atoms with Gasteiger partial charge in [0.05, 0.1) is 0 Å². The Kier molecular flexibility index (Phi) is 6.03. The lowest BCUT2D eigenvalue weighted by Crippen LogP contribution is -2.34. The Bertz CT molecular complexity index is 792. The van der Waals surface area contributed by atoms with Crippen LogP contribution < -0.4 is 4.90 Å². The highest BCUT2D eigenvalue weighted by Crippen LogP contribution is 2.19. The minimum absolute atomic E-state index is 0.250. The summed E-state index contributed by atoms with van der Waals surface area (Å²) in [5.74, 6) is -0.538. The van der Waals surface area contributed by atoms with Crippen LogP contribution in [0.2, 0.25) is 19.6 Å². The van der Waals surface area contributed by atoms with Crippen LogP contribution >= 0.6 is 0 Å². The highest BCUT2D eigenvalue weighted by molar-refractivity contribution is 6.75. The lowest BCUT2D eigenvalue weighted by atomic mass is 10.1. The number of hydrogen-bond donors (Lipinski definition) is 0. The maximum Gasteiger partial charge on any atom is 0.260 e. The summed E-state index contributed by atoms with van der Waals surface area (Å²) >= 11 is 0. The zero-order valence-electron chi connectivity index (χ0n) is 16.5. The largest absolute Gasteiger partial charge is 0.378 e. The summed E-state index contributed by atoms with van der Waals surface area (Å²) in [4.78, 5) is 28.9. The number of nitrogens with zero attached hydrogens (tertiary/aromatic N) is 2. The van der Waals surface area contributed by atoms with Gasteiger partial charge in [-0.2, -0.15) is 0 Å². The Labute approximate surface area is 157 Å². The van der Waals surface area contributed by atoms with Gasteiger partial charge in [0.2, 0.25) is 0 Å². The number of carbonyl (C=O) groups excluding carboxylic acids is 2. The molecule has 0 radical (unpaired) electrons. The van der Waals surface area contributed by atoms with Crippen LogP contribution in [0.25, 0.3) is 0 Å². The molecule has 0 unspecified atom stereocenters. The molecule has 0 heterocycles. The Morgan fingerprint density at radius 2 is 1.42 bits per heavy atom. The molecule has 2 aromatic rings. The Hall–Kier alpha value is -2.40. The highest BCUT2D eigenvalue weighted by Gasteiger charge is 2.24. The second-order valence-electron chi connectivity index (χ2n) is 8.01. The van der Waals surface area contributed by atoms with Gasteiger partial charge in [-0.1, -0.05) is 37.8 Å². The van der Waals surface area contributed by atoms with Gasteiger partial charge in [0.15, 0.2) is 0 Å². The summed E-state index contributed by atoms with van der Waals surface area (Å²) < 4.78 is 0. The van der Waals surface area contributed by atoms with Gasteiger partial charge in [0, 0.05) is 46.0 Å². The molecular formula is C21H28N2O2Si. The topological polar surface area (TPSA) is 40.6 Å². The van der Waals surface area contributed by atoms with Crippen molar-refractivity contribution in [1.82, 2.24) is 4.90 Å². The molecule has 0 spiro atoms. The first-order chi connectivity index (χ1) is 12.1. The van der Waals surface area contributed by atoms with Crippen molar-refractivity contribution in [3.05, 3.63) is 65.2 Å². The van der Waals surface area contributed by atoms with Gasteiger partial charge in [-0.3, -0.25) is 14.5 Å². The predicted molar refractivity (Wildman–Crippen MR) is 111 cm³/mol. The molecule has 0 fully saturated rings. The SMILES string of the molecule is CN(C(=O)c1ccc(N(C)C)cc1)C(=O)c1ccccc1C[Si](C)(C)C. The predicted octanol–water partition coefficient (Wildman–Crippen LogP) is 4.08. The standard InChI is InChI=1S/C21H28N2O2Si/c1-22(2)18-13-11-16(12-14-18)20(24)23(3)21(25)19-10-8-7-9-17(19)15-26(4,5)6/h7-14H,15H2,1-6H3. The third-order valence-electron chi connectivity index (χ3n) is 4.21. The molecule has 2 amide bonds. The van der Waals surface area contributed by atoms with E-state index in [0.29, 0.717) is 11.1 Å². The third-order valence-corrected chi connectivity index (χ3v) is 5.65. The second kappa shape index (κ2) is 7.87. The van der Waals surface area contributed by atoms with Crippen molar-refractivity contribution in [2.75, 3.05) is 26.0 Å². The smallest absolute Gasteiger partial charge is 0.260 e. The van der Waals surface area contributed by atoms with E-state index in [0.717, 1.165) is 17.3 Å².